The number of rotatable bonds is 8. The van der Waals surface area contributed by atoms with E-state index in [9.17, 15) is 26.4 Å². The maximum Gasteiger partial charge on any atom is 0.359 e. The van der Waals surface area contributed by atoms with Crippen molar-refractivity contribution >= 4 is 25.5 Å². The molecule has 0 aliphatic heterocycles. The summed E-state index contributed by atoms with van der Waals surface area (Å²) in [5, 5.41) is 0. The summed E-state index contributed by atoms with van der Waals surface area (Å²) in [7, 11) is -8.04. The van der Waals surface area contributed by atoms with E-state index >= 15 is 0 Å². The zero-order chi connectivity index (χ0) is 29.7. The molecule has 212 valence electrons. The molecule has 0 saturated heterocycles. The lowest BCUT2D eigenvalue weighted by Crippen LogP contribution is -2.47. The van der Waals surface area contributed by atoms with E-state index in [1.54, 1.807) is 97.1 Å². The minimum Gasteiger partial charge on any atom is -0.261 e. The van der Waals surface area contributed by atoms with Crippen molar-refractivity contribution in [1.82, 2.24) is 14.1 Å². The molecule has 5 aromatic rings. The van der Waals surface area contributed by atoms with Crippen LogP contribution in [0.3, 0.4) is 0 Å². The summed E-state index contributed by atoms with van der Waals surface area (Å²) in [5.41, 5.74) is -1.50. The van der Waals surface area contributed by atoms with Crippen LogP contribution in [0, 0.1) is 0 Å². The van der Waals surface area contributed by atoms with Crippen LogP contribution in [0.15, 0.2) is 146 Å². The number of benzene rings is 4. The van der Waals surface area contributed by atoms with Gasteiger partial charge in [-0.3, -0.25) is 9.56 Å². The Morgan fingerprint density at radius 1 is 0.643 bits per heavy atom. The van der Waals surface area contributed by atoms with Gasteiger partial charge in [-0.1, -0.05) is 97.1 Å². The highest BCUT2D eigenvalue weighted by atomic mass is 32.2. The van der Waals surface area contributed by atoms with Gasteiger partial charge in [0.15, 0.2) is 25.5 Å². The zero-order valence-electron chi connectivity index (χ0n) is 22.0. The third-order valence-electron chi connectivity index (χ3n) is 6.23. The van der Waals surface area contributed by atoms with Gasteiger partial charge in [0.05, 0.1) is 9.79 Å². The molecule has 0 aliphatic rings. The first-order valence-corrected chi connectivity index (χ1v) is 15.9. The Bertz CT molecular complexity index is 2080. The molecule has 0 spiro atoms. The molecule has 12 heteroatoms. The van der Waals surface area contributed by atoms with Crippen molar-refractivity contribution in [3.63, 3.8) is 0 Å². The molecule has 0 saturated carbocycles. The monoisotopic (exact) mass is 600 g/mol. The lowest BCUT2D eigenvalue weighted by Gasteiger charge is -2.16. The average molecular weight is 601 g/mol. The normalized spacial score (nSPS) is 12.2. The molecule has 1 heterocycles. The molecule has 0 atom stereocenters. The number of hydrogen-bond acceptors (Lipinski definition) is 8. The molecular formula is C30H24N4O6S2. The van der Waals surface area contributed by atoms with Gasteiger partial charge in [0.1, 0.15) is 17.6 Å². The molecule has 0 unspecified atom stereocenters. The maximum absolute atomic E-state index is 14.1. The van der Waals surface area contributed by atoms with Gasteiger partial charge in [-0.15, -0.1) is 0 Å². The smallest absolute Gasteiger partial charge is 0.261 e. The molecule has 0 aliphatic carbocycles. The summed E-state index contributed by atoms with van der Waals surface area (Å²) in [6, 6.07) is 31.5. The van der Waals surface area contributed by atoms with Gasteiger partial charge < -0.3 is 0 Å². The van der Waals surface area contributed by atoms with Crippen LogP contribution < -0.4 is 11.4 Å². The number of hydrogen-bond donors (Lipinski definition) is 0. The third-order valence-corrected chi connectivity index (χ3v) is 9.28. The van der Waals surface area contributed by atoms with Crippen LogP contribution in [-0.4, -0.2) is 42.7 Å². The number of aliphatic imine (C=N–C) groups is 1. The van der Waals surface area contributed by atoms with Crippen LogP contribution in [0.4, 0.5) is 0 Å². The fraction of sp³-hybridized carbons (Fsp3) is 0.0667. The summed E-state index contributed by atoms with van der Waals surface area (Å²) in [4.78, 5) is 35.9. The topological polar surface area (TPSA) is 138 Å². The van der Waals surface area contributed by atoms with E-state index < -0.39 is 42.8 Å². The van der Waals surface area contributed by atoms with Gasteiger partial charge in [-0.25, -0.2) is 26.4 Å². The van der Waals surface area contributed by atoms with Crippen molar-refractivity contribution in [3.8, 4) is 11.4 Å². The van der Waals surface area contributed by atoms with Crippen LogP contribution in [0.2, 0.25) is 0 Å². The van der Waals surface area contributed by atoms with Crippen molar-refractivity contribution in [1.29, 1.82) is 0 Å². The highest BCUT2D eigenvalue weighted by Gasteiger charge is 2.25. The largest absolute Gasteiger partial charge is 0.359 e. The first kappa shape index (κ1) is 28.6. The van der Waals surface area contributed by atoms with E-state index in [-0.39, 0.29) is 27.0 Å². The van der Waals surface area contributed by atoms with Crippen LogP contribution >= 0.6 is 0 Å². The van der Waals surface area contributed by atoms with E-state index in [0.29, 0.717) is 10.1 Å². The van der Waals surface area contributed by atoms with Gasteiger partial charge in [0.2, 0.25) is 0 Å². The van der Waals surface area contributed by atoms with E-state index in [1.165, 1.54) is 24.3 Å². The van der Waals surface area contributed by atoms with Crippen LogP contribution in [0.25, 0.3) is 11.4 Å². The predicted molar refractivity (Wildman–Crippen MR) is 159 cm³/mol. The Hall–Kier alpha value is -4.94. The van der Waals surface area contributed by atoms with Gasteiger partial charge in [0.25, 0.3) is 0 Å². The van der Waals surface area contributed by atoms with E-state index in [1.807, 2.05) is 0 Å². The Morgan fingerprint density at radius 3 is 1.67 bits per heavy atom. The highest BCUT2D eigenvalue weighted by molar-refractivity contribution is 7.91. The van der Waals surface area contributed by atoms with E-state index in [2.05, 4.69) is 9.98 Å². The lowest BCUT2D eigenvalue weighted by molar-refractivity contribution is 0.576. The molecule has 4 aromatic carbocycles. The third kappa shape index (κ3) is 6.04. The Morgan fingerprint density at radius 2 is 1.12 bits per heavy atom. The van der Waals surface area contributed by atoms with Crippen molar-refractivity contribution in [2.45, 2.75) is 15.7 Å². The second-order valence-electron chi connectivity index (χ2n) is 9.09. The van der Waals surface area contributed by atoms with Gasteiger partial charge >= 0.3 is 11.4 Å². The molecule has 0 N–H and O–H groups in total. The Labute approximate surface area is 241 Å². The van der Waals surface area contributed by atoms with Gasteiger partial charge in [0, 0.05) is 11.1 Å². The standard InChI is InChI=1S/C30H24N4O6S2/c35-29-32-28(24-15-7-2-8-16-24)33(22-42(39,40)26-19-11-4-12-20-26)30(36)34(29)27(23-13-5-1-6-14-23)31-21-41(37,38)25-17-9-3-10-18-25/h1-20H,21-22H2. The van der Waals surface area contributed by atoms with E-state index in [0.717, 1.165) is 4.57 Å². The molecule has 0 fully saturated rings. The fourth-order valence-corrected chi connectivity index (χ4v) is 6.51. The Kier molecular flexibility index (Phi) is 8.09. The van der Waals surface area contributed by atoms with Crippen LogP contribution in [0.5, 0.6) is 0 Å². The summed E-state index contributed by atoms with van der Waals surface area (Å²) in [6.45, 7) is 0. The van der Waals surface area contributed by atoms with Crippen molar-refractivity contribution in [2.75, 3.05) is 5.88 Å². The quantitative estimate of drug-likeness (QED) is 0.197. The first-order chi connectivity index (χ1) is 20.2. The van der Waals surface area contributed by atoms with Gasteiger partial charge in [-0.05, 0) is 24.3 Å². The molecule has 42 heavy (non-hydrogen) atoms. The molecule has 0 amide bonds. The Balaban J connectivity index is 1.74. The van der Waals surface area contributed by atoms with Crippen molar-refractivity contribution in [3.05, 3.63) is 148 Å². The second-order valence-corrected chi connectivity index (χ2v) is 13.0. The van der Waals surface area contributed by atoms with Crippen molar-refractivity contribution < 1.29 is 16.8 Å². The second kappa shape index (κ2) is 11.9. The molecule has 1 aromatic heterocycles. The minimum atomic E-state index is -4.09. The zero-order valence-corrected chi connectivity index (χ0v) is 23.6. The molecule has 5 rings (SSSR count). The summed E-state index contributed by atoms with van der Waals surface area (Å²) < 4.78 is 54.4. The fourth-order valence-electron chi connectivity index (χ4n) is 4.20. The summed E-state index contributed by atoms with van der Waals surface area (Å²) in [5.74, 6) is -2.07. The van der Waals surface area contributed by atoms with E-state index in [4.69, 9.17) is 0 Å². The molecule has 0 bridgehead atoms. The van der Waals surface area contributed by atoms with Crippen molar-refractivity contribution in [2.24, 2.45) is 4.99 Å². The van der Waals surface area contributed by atoms with Crippen LogP contribution in [-0.2, 0) is 25.6 Å². The first-order valence-electron chi connectivity index (χ1n) is 12.6. The van der Waals surface area contributed by atoms with Gasteiger partial charge in [-0.2, -0.15) is 9.55 Å². The van der Waals surface area contributed by atoms with Crippen LogP contribution in [0.1, 0.15) is 5.56 Å². The molecule has 0 radical (unpaired) electrons. The number of nitrogens with zero attached hydrogens (tertiary/aromatic N) is 4. The summed E-state index contributed by atoms with van der Waals surface area (Å²) in [6.07, 6.45) is 0. The number of aromatic nitrogens is 3. The summed E-state index contributed by atoms with van der Waals surface area (Å²) >= 11 is 0. The molecular weight excluding hydrogens is 576 g/mol. The predicted octanol–water partition coefficient (Wildman–Crippen LogP) is 3.23. The average Bonchev–Trinajstić information content (AvgIpc) is 3.01. The number of sulfone groups is 2. The minimum absolute atomic E-state index is 0.0115. The SMILES string of the molecule is O=c1nc(-c2ccccc2)n(CS(=O)(=O)c2ccccc2)c(=O)n1C(=NCS(=O)(=O)c1ccccc1)c1ccccc1. The lowest BCUT2D eigenvalue weighted by atomic mass is 10.2. The maximum atomic E-state index is 14.1. The molecule has 10 nitrogen and oxygen atoms in total. The highest BCUT2D eigenvalue weighted by Crippen LogP contribution is 2.18.